The highest BCUT2D eigenvalue weighted by atomic mass is 35.5. The van der Waals surface area contributed by atoms with Crippen LogP contribution in [0.4, 0.5) is 0 Å². The minimum Gasteiger partial charge on any atom is -0.490 e. The first-order valence-corrected chi connectivity index (χ1v) is 9.23. The molecule has 1 aromatic rings. The minimum absolute atomic E-state index is 0.00988. The van der Waals surface area contributed by atoms with Crippen LogP contribution in [0.2, 0.25) is 5.02 Å². The molecule has 0 aromatic heterocycles. The highest BCUT2D eigenvalue weighted by molar-refractivity contribution is 6.31. The molecule has 2 rings (SSSR count). The van der Waals surface area contributed by atoms with E-state index < -0.39 is 0 Å². The van der Waals surface area contributed by atoms with Crippen molar-refractivity contribution in [2.75, 3.05) is 19.6 Å². The number of ether oxygens (including phenoxy) is 1. The van der Waals surface area contributed by atoms with E-state index in [1.165, 1.54) is 6.42 Å². The number of hydrogen-bond acceptors (Lipinski definition) is 3. The predicted octanol–water partition coefficient (Wildman–Crippen LogP) is 3.98. The molecule has 24 heavy (non-hydrogen) atoms. The smallest absolute Gasteiger partial charge is 0.255 e. The maximum Gasteiger partial charge on any atom is 0.255 e. The molecule has 1 aliphatic rings. The first-order chi connectivity index (χ1) is 11.4. The van der Waals surface area contributed by atoms with Crippen molar-refractivity contribution >= 4 is 17.5 Å². The van der Waals surface area contributed by atoms with Crippen LogP contribution in [-0.2, 0) is 0 Å². The average Bonchev–Trinajstić information content (AvgIpc) is 2.54. The standard InChI is InChI=1S/C19H29ClN2O2/c1-13(2)22-9-5-6-15(12-22)11-21-19(23)17-10-16(20)7-8-18(17)24-14(3)4/h7-8,10,13-15H,5-6,9,11-12H2,1-4H3,(H,21,23). The Morgan fingerprint density at radius 1 is 1.38 bits per heavy atom. The molecule has 1 amide bonds. The molecule has 1 heterocycles. The number of likely N-dealkylation sites (tertiary alicyclic amines) is 1. The van der Waals surface area contributed by atoms with Gasteiger partial charge in [0.25, 0.3) is 5.91 Å². The second-order valence-corrected chi connectivity index (χ2v) is 7.55. The third kappa shape index (κ3) is 5.38. The van der Waals surface area contributed by atoms with Gasteiger partial charge in [-0.05, 0) is 71.2 Å². The quantitative estimate of drug-likeness (QED) is 0.842. The highest BCUT2D eigenvalue weighted by Gasteiger charge is 2.23. The van der Waals surface area contributed by atoms with Gasteiger partial charge in [0.05, 0.1) is 11.7 Å². The maximum absolute atomic E-state index is 12.6. The van der Waals surface area contributed by atoms with E-state index in [0.717, 1.165) is 19.5 Å². The Morgan fingerprint density at radius 2 is 2.12 bits per heavy atom. The number of piperidine rings is 1. The van der Waals surface area contributed by atoms with Crippen LogP contribution in [0.3, 0.4) is 0 Å². The van der Waals surface area contributed by atoms with E-state index in [4.69, 9.17) is 16.3 Å². The van der Waals surface area contributed by atoms with Gasteiger partial charge in [0.2, 0.25) is 0 Å². The predicted molar refractivity (Wildman–Crippen MR) is 99.0 cm³/mol. The first kappa shape index (κ1) is 19.1. The molecule has 1 atom stereocenters. The molecule has 1 fully saturated rings. The number of amides is 1. The fourth-order valence-corrected chi connectivity index (χ4v) is 3.27. The van der Waals surface area contributed by atoms with E-state index in [-0.39, 0.29) is 12.0 Å². The number of benzene rings is 1. The van der Waals surface area contributed by atoms with Gasteiger partial charge in [0.1, 0.15) is 5.75 Å². The van der Waals surface area contributed by atoms with E-state index >= 15 is 0 Å². The molecule has 1 N–H and O–H groups in total. The molecule has 5 heteroatoms. The topological polar surface area (TPSA) is 41.6 Å². The molecule has 0 bridgehead atoms. The van der Waals surface area contributed by atoms with Crippen molar-refractivity contribution in [2.24, 2.45) is 5.92 Å². The SMILES string of the molecule is CC(C)Oc1ccc(Cl)cc1C(=O)NCC1CCCN(C(C)C)C1. The normalized spacial score (nSPS) is 18.9. The summed E-state index contributed by atoms with van der Waals surface area (Å²) in [5.74, 6) is 0.966. The molecule has 134 valence electrons. The summed E-state index contributed by atoms with van der Waals surface area (Å²) in [5.41, 5.74) is 0.507. The maximum atomic E-state index is 12.6. The second-order valence-electron chi connectivity index (χ2n) is 7.11. The summed E-state index contributed by atoms with van der Waals surface area (Å²) in [6, 6.07) is 5.74. The number of nitrogens with zero attached hydrogens (tertiary/aromatic N) is 1. The fraction of sp³-hybridized carbons (Fsp3) is 0.632. The molecule has 0 spiro atoms. The number of carbonyl (C=O) groups excluding carboxylic acids is 1. The largest absolute Gasteiger partial charge is 0.490 e. The molecule has 0 aliphatic carbocycles. The zero-order chi connectivity index (χ0) is 17.7. The van der Waals surface area contributed by atoms with Crippen molar-refractivity contribution in [1.29, 1.82) is 0 Å². The molecule has 1 aromatic carbocycles. The molecule has 0 saturated carbocycles. The van der Waals surface area contributed by atoms with Crippen molar-refractivity contribution in [1.82, 2.24) is 10.2 Å². The van der Waals surface area contributed by atoms with E-state index in [2.05, 4.69) is 24.1 Å². The van der Waals surface area contributed by atoms with Crippen LogP contribution in [0.5, 0.6) is 5.75 Å². The number of nitrogens with one attached hydrogen (secondary N) is 1. The Balaban J connectivity index is 1.98. The van der Waals surface area contributed by atoms with Gasteiger partial charge in [0, 0.05) is 24.2 Å². The lowest BCUT2D eigenvalue weighted by Gasteiger charge is -2.35. The number of hydrogen-bond donors (Lipinski definition) is 1. The molecular weight excluding hydrogens is 324 g/mol. The summed E-state index contributed by atoms with van der Waals surface area (Å²) in [5, 5.41) is 3.61. The van der Waals surface area contributed by atoms with Crippen LogP contribution in [-0.4, -0.2) is 42.6 Å². The number of rotatable bonds is 6. The van der Waals surface area contributed by atoms with Gasteiger partial charge in [-0.3, -0.25) is 4.79 Å². The number of halogens is 1. The van der Waals surface area contributed by atoms with Crippen LogP contribution in [0.1, 0.15) is 50.9 Å². The van der Waals surface area contributed by atoms with E-state index in [9.17, 15) is 4.79 Å². The third-order valence-corrected chi connectivity index (χ3v) is 4.62. The van der Waals surface area contributed by atoms with Crippen LogP contribution in [0.25, 0.3) is 0 Å². The summed E-state index contributed by atoms with van der Waals surface area (Å²) in [6.07, 6.45) is 2.36. The van der Waals surface area contributed by atoms with Gasteiger partial charge in [-0.25, -0.2) is 0 Å². The Kier molecular flexibility index (Phi) is 6.93. The Labute approximate surface area is 150 Å². The second kappa shape index (κ2) is 8.72. The summed E-state index contributed by atoms with van der Waals surface area (Å²) in [6.45, 7) is 11.2. The first-order valence-electron chi connectivity index (χ1n) is 8.85. The highest BCUT2D eigenvalue weighted by Crippen LogP contribution is 2.24. The van der Waals surface area contributed by atoms with Crippen molar-refractivity contribution < 1.29 is 9.53 Å². The van der Waals surface area contributed by atoms with Crippen LogP contribution >= 0.6 is 11.6 Å². The van der Waals surface area contributed by atoms with Gasteiger partial charge < -0.3 is 15.0 Å². The average molecular weight is 353 g/mol. The number of carbonyl (C=O) groups is 1. The summed E-state index contributed by atoms with van der Waals surface area (Å²) >= 11 is 6.06. The van der Waals surface area contributed by atoms with Gasteiger partial charge >= 0.3 is 0 Å². The van der Waals surface area contributed by atoms with Crippen LogP contribution < -0.4 is 10.1 Å². The summed E-state index contributed by atoms with van der Waals surface area (Å²) in [4.78, 5) is 15.1. The lowest BCUT2D eigenvalue weighted by atomic mass is 9.97. The Bertz CT molecular complexity index is 560. The Hall–Kier alpha value is -1.26. The van der Waals surface area contributed by atoms with E-state index in [0.29, 0.717) is 34.8 Å². The van der Waals surface area contributed by atoms with E-state index in [1.807, 2.05) is 13.8 Å². The molecule has 1 saturated heterocycles. The fourth-order valence-electron chi connectivity index (χ4n) is 3.10. The van der Waals surface area contributed by atoms with Crippen LogP contribution in [0.15, 0.2) is 18.2 Å². The molecular formula is C19H29ClN2O2. The monoisotopic (exact) mass is 352 g/mol. The lowest BCUT2D eigenvalue weighted by Crippen LogP contribution is -2.43. The van der Waals surface area contributed by atoms with Crippen molar-refractivity contribution in [3.8, 4) is 5.75 Å². The van der Waals surface area contributed by atoms with Crippen molar-refractivity contribution in [3.05, 3.63) is 28.8 Å². The zero-order valence-corrected chi connectivity index (χ0v) is 15.9. The van der Waals surface area contributed by atoms with E-state index in [1.54, 1.807) is 18.2 Å². The van der Waals surface area contributed by atoms with Crippen molar-refractivity contribution in [3.63, 3.8) is 0 Å². The van der Waals surface area contributed by atoms with Crippen LogP contribution in [0, 0.1) is 5.92 Å². The van der Waals surface area contributed by atoms with Crippen molar-refractivity contribution in [2.45, 2.75) is 52.7 Å². The minimum atomic E-state index is -0.116. The van der Waals surface area contributed by atoms with Gasteiger partial charge in [-0.15, -0.1) is 0 Å². The summed E-state index contributed by atoms with van der Waals surface area (Å²) < 4.78 is 5.73. The molecule has 1 unspecified atom stereocenters. The molecule has 4 nitrogen and oxygen atoms in total. The zero-order valence-electron chi connectivity index (χ0n) is 15.1. The third-order valence-electron chi connectivity index (χ3n) is 4.38. The van der Waals surface area contributed by atoms with Gasteiger partial charge in [0.15, 0.2) is 0 Å². The van der Waals surface area contributed by atoms with Gasteiger partial charge in [-0.2, -0.15) is 0 Å². The van der Waals surface area contributed by atoms with Gasteiger partial charge in [-0.1, -0.05) is 11.6 Å². The lowest BCUT2D eigenvalue weighted by molar-refractivity contribution is 0.0917. The molecule has 1 aliphatic heterocycles. The molecule has 0 radical (unpaired) electrons. The Morgan fingerprint density at radius 3 is 2.79 bits per heavy atom. The summed E-state index contributed by atoms with van der Waals surface area (Å²) in [7, 11) is 0.